The summed E-state index contributed by atoms with van der Waals surface area (Å²) in [4.78, 5) is 2.48. The van der Waals surface area contributed by atoms with Crippen LogP contribution in [0.2, 0.25) is 0 Å². The molecular weight excluding hydrogens is 448 g/mol. The molecular formula is C31H34N2O3. The van der Waals surface area contributed by atoms with Crippen molar-refractivity contribution in [2.24, 2.45) is 0 Å². The van der Waals surface area contributed by atoms with Crippen molar-refractivity contribution in [3.63, 3.8) is 0 Å². The second kappa shape index (κ2) is 11.0. The van der Waals surface area contributed by atoms with Gasteiger partial charge in [0.1, 0.15) is 23.9 Å². The first-order valence-electron chi connectivity index (χ1n) is 12.8. The van der Waals surface area contributed by atoms with Crippen molar-refractivity contribution in [1.29, 1.82) is 0 Å². The number of phenolic OH excluding ortho intramolecular Hbond substituents is 2. The van der Waals surface area contributed by atoms with Gasteiger partial charge in [0.2, 0.25) is 0 Å². The van der Waals surface area contributed by atoms with Gasteiger partial charge in [0.05, 0.1) is 6.04 Å². The Morgan fingerprint density at radius 1 is 0.833 bits per heavy atom. The van der Waals surface area contributed by atoms with Gasteiger partial charge in [0.25, 0.3) is 0 Å². The van der Waals surface area contributed by atoms with E-state index in [1.807, 2.05) is 43.4 Å². The summed E-state index contributed by atoms with van der Waals surface area (Å²) in [7, 11) is 1.97. The lowest BCUT2D eigenvalue weighted by molar-refractivity contribution is 0.183. The van der Waals surface area contributed by atoms with Crippen LogP contribution in [-0.4, -0.2) is 48.4 Å². The van der Waals surface area contributed by atoms with Crippen LogP contribution >= 0.6 is 0 Å². The first-order valence-corrected chi connectivity index (χ1v) is 12.8. The minimum absolute atomic E-state index is 0.0792. The maximum Gasteiger partial charge on any atom is 0.119 e. The minimum Gasteiger partial charge on any atom is -0.508 e. The molecule has 1 heterocycles. The van der Waals surface area contributed by atoms with E-state index < -0.39 is 0 Å². The molecule has 186 valence electrons. The molecule has 5 heteroatoms. The predicted molar refractivity (Wildman–Crippen MR) is 146 cm³/mol. The summed E-state index contributed by atoms with van der Waals surface area (Å²) < 4.78 is 6.06. The van der Waals surface area contributed by atoms with Crippen molar-refractivity contribution in [3.8, 4) is 28.4 Å². The smallest absolute Gasteiger partial charge is 0.119 e. The molecule has 1 unspecified atom stereocenters. The van der Waals surface area contributed by atoms with Crippen LogP contribution in [0.15, 0.2) is 78.9 Å². The molecule has 5 rings (SSSR count). The zero-order valence-corrected chi connectivity index (χ0v) is 20.8. The average molecular weight is 483 g/mol. The van der Waals surface area contributed by atoms with Gasteiger partial charge in [-0.2, -0.15) is 0 Å². The molecule has 1 atom stereocenters. The molecule has 0 aliphatic carbocycles. The Morgan fingerprint density at radius 3 is 2.28 bits per heavy atom. The summed E-state index contributed by atoms with van der Waals surface area (Å²) in [6.07, 6.45) is 3.93. The summed E-state index contributed by atoms with van der Waals surface area (Å²) in [6.45, 7) is 4.03. The molecule has 1 fully saturated rings. The van der Waals surface area contributed by atoms with E-state index in [0.717, 1.165) is 45.3 Å². The number of aromatic hydroxyl groups is 2. The van der Waals surface area contributed by atoms with E-state index >= 15 is 0 Å². The maximum atomic E-state index is 10.1. The van der Waals surface area contributed by atoms with Crippen molar-refractivity contribution in [1.82, 2.24) is 10.2 Å². The number of likely N-dealkylation sites (tertiary alicyclic amines) is 1. The number of nitrogens with one attached hydrogen (secondary N) is 1. The summed E-state index contributed by atoms with van der Waals surface area (Å²) in [5.41, 5.74) is 4.35. The molecule has 0 amide bonds. The van der Waals surface area contributed by atoms with Crippen molar-refractivity contribution >= 4 is 10.8 Å². The van der Waals surface area contributed by atoms with Gasteiger partial charge in [-0.1, -0.05) is 48.9 Å². The largest absolute Gasteiger partial charge is 0.508 e. The lowest BCUT2D eigenvalue weighted by Crippen LogP contribution is -2.33. The predicted octanol–water partition coefficient (Wildman–Crippen LogP) is 6.09. The second-order valence-electron chi connectivity index (χ2n) is 9.52. The molecule has 4 aromatic rings. The van der Waals surface area contributed by atoms with Crippen LogP contribution in [0.3, 0.4) is 0 Å². The Bertz CT molecular complexity index is 1300. The van der Waals surface area contributed by atoms with Gasteiger partial charge in [-0.15, -0.1) is 0 Å². The number of hydrogen-bond donors (Lipinski definition) is 3. The van der Waals surface area contributed by atoms with E-state index in [1.54, 1.807) is 24.3 Å². The van der Waals surface area contributed by atoms with E-state index in [-0.39, 0.29) is 17.5 Å². The topological polar surface area (TPSA) is 65.0 Å². The van der Waals surface area contributed by atoms with Crippen molar-refractivity contribution in [3.05, 3.63) is 90.0 Å². The van der Waals surface area contributed by atoms with Gasteiger partial charge < -0.3 is 20.3 Å². The van der Waals surface area contributed by atoms with E-state index in [4.69, 9.17) is 4.74 Å². The quantitative estimate of drug-likeness (QED) is 0.284. The number of rotatable bonds is 8. The first kappa shape index (κ1) is 24.2. The van der Waals surface area contributed by atoms with Crippen molar-refractivity contribution in [2.45, 2.75) is 25.3 Å². The lowest BCUT2D eigenvalue weighted by Gasteiger charge is -2.26. The van der Waals surface area contributed by atoms with Crippen LogP contribution in [-0.2, 0) is 0 Å². The fourth-order valence-corrected chi connectivity index (χ4v) is 5.25. The van der Waals surface area contributed by atoms with Crippen LogP contribution in [0.1, 0.15) is 36.4 Å². The molecule has 5 nitrogen and oxygen atoms in total. The number of fused-ring (bicyclic) bond motifs is 1. The van der Waals surface area contributed by atoms with E-state index in [1.165, 1.54) is 32.4 Å². The molecule has 1 aliphatic rings. The van der Waals surface area contributed by atoms with E-state index in [0.29, 0.717) is 6.61 Å². The average Bonchev–Trinajstić information content (AvgIpc) is 2.91. The molecule has 4 aromatic carbocycles. The minimum atomic E-state index is -0.0792. The summed E-state index contributed by atoms with van der Waals surface area (Å²) in [6, 6.07) is 25.2. The number of phenols is 2. The van der Waals surface area contributed by atoms with E-state index in [9.17, 15) is 10.2 Å². The Hall–Kier alpha value is -3.54. The summed E-state index contributed by atoms with van der Waals surface area (Å²) in [5, 5.41) is 25.4. The highest BCUT2D eigenvalue weighted by Gasteiger charge is 2.20. The fourth-order valence-electron chi connectivity index (χ4n) is 5.25. The number of hydrogen-bond acceptors (Lipinski definition) is 5. The Kier molecular flexibility index (Phi) is 7.40. The standard InChI is InChI=1S/C31H34N2O3/c1-32-31(23-7-13-27(14-8-23)36-20-19-33-17-3-2-4-18-33)30-28(22-5-10-25(34)11-6-22)15-9-24-21-26(35)12-16-29(24)30/h5-16,21,31-32,34-35H,2-4,17-20H2,1H3. The van der Waals surface area contributed by atoms with Gasteiger partial charge in [-0.05, 0) is 102 Å². The molecule has 1 aliphatic heterocycles. The van der Waals surface area contributed by atoms with Gasteiger partial charge in [0.15, 0.2) is 0 Å². The van der Waals surface area contributed by atoms with Crippen molar-refractivity contribution in [2.75, 3.05) is 33.3 Å². The molecule has 0 bridgehead atoms. The van der Waals surface area contributed by atoms with Gasteiger partial charge in [0, 0.05) is 6.54 Å². The van der Waals surface area contributed by atoms with Crippen LogP contribution in [0, 0.1) is 0 Å². The van der Waals surface area contributed by atoms with Crippen LogP contribution in [0.25, 0.3) is 21.9 Å². The van der Waals surface area contributed by atoms with Crippen molar-refractivity contribution < 1.29 is 14.9 Å². The van der Waals surface area contributed by atoms with E-state index in [2.05, 4.69) is 28.4 Å². The lowest BCUT2D eigenvalue weighted by atomic mass is 9.87. The highest BCUT2D eigenvalue weighted by molar-refractivity contribution is 5.93. The third kappa shape index (κ3) is 5.32. The zero-order chi connectivity index (χ0) is 24.9. The Labute approximate surface area is 213 Å². The first-order chi connectivity index (χ1) is 17.6. The second-order valence-corrected chi connectivity index (χ2v) is 9.52. The maximum absolute atomic E-state index is 10.1. The third-order valence-corrected chi connectivity index (χ3v) is 7.14. The molecule has 1 saturated heterocycles. The molecule has 0 spiro atoms. The van der Waals surface area contributed by atoms with Gasteiger partial charge >= 0.3 is 0 Å². The van der Waals surface area contributed by atoms with Crippen LogP contribution < -0.4 is 10.1 Å². The number of ether oxygens (including phenoxy) is 1. The Balaban J connectivity index is 1.45. The highest BCUT2D eigenvalue weighted by Crippen LogP contribution is 2.39. The van der Waals surface area contributed by atoms with Gasteiger partial charge in [-0.3, -0.25) is 4.90 Å². The number of piperidine rings is 1. The number of benzene rings is 4. The highest BCUT2D eigenvalue weighted by atomic mass is 16.5. The third-order valence-electron chi connectivity index (χ3n) is 7.14. The molecule has 0 radical (unpaired) electrons. The van der Waals surface area contributed by atoms with Crippen LogP contribution in [0.4, 0.5) is 0 Å². The summed E-state index contributed by atoms with van der Waals surface area (Å²) in [5.74, 6) is 1.37. The van der Waals surface area contributed by atoms with Crippen LogP contribution in [0.5, 0.6) is 17.2 Å². The summed E-state index contributed by atoms with van der Waals surface area (Å²) >= 11 is 0. The molecule has 0 aromatic heterocycles. The number of nitrogens with zero attached hydrogens (tertiary/aromatic N) is 1. The molecule has 36 heavy (non-hydrogen) atoms. The SMILES string of the molecule is CNC(c1ccc(OCCN2CCCCC2)cc1)c1c(-c2ccc(O)cc2)ccc2cc(O)ccc12. The Morgan fingerprint density at radius 2 is 1.56 bits per heavy atom. The normalized spacial score (nSPS) is 15.1. The van der Waals surface area contributed by atoms with Gasteiger partial charge in [-0.25, -0.2) is 0 Å². The monoisotopic (exact) mass is 482 g/mol. The zero-order valence-electron chi connectivity index (χ0n) is 20.8. The molecule has 3 N–H and O–H groups in total. The fraction of sp³-hybridized carbons (Fsp3) is 0.290. The molecule has 0 saturated carbocycles.